The van der Waals surface area contributed by atoms with Crippen molar-refractivity contribution in [3.63, 3.8) is 0 Å². The lowest BCUT2D eigenvalue weighted by atomic mass is 9.52. The van der Waals surface area contributed by atoms with Crippen molar-refractivity contribution in [2.24, 2.45) is 17.8 Å². The molecule has 0 aromatic carbocycles. The van der Waals surface area contributed by atoms with Crippen molar-refractivity contribution in [3.8, 4) is 6.07 Å². The van der Waals surface area contributed by atoms with Crippen molar-refractivity contribution in [2.75, 3.05) is 6.54 Å². The van der Waals surface area contributed by atoms with Crippen LogP contribution >= 0.6 is 0 Å². The Labute approximate surface area is 109 Å². The molecule has 4 bridgehead atoms. The summed E-state index contributed by atoms with van der Waals surface area (Å²) in [5.41, 5.74) is 0.122. The maximum Gasteiger partial charge on any atom is 0.219 e. The number of carbonyl (C=O) groups is 1. The summed E-state index contributed by atoms with van der Waals surface area (Å²) in [6.07, 6.45) is 8.25. The second-order valence-corrected chi connectivity index (χ2v) is 6.72. The van der Waals surface area contributed by atoms with Crippen molar-refractivity contribution in [3.05, 3.63) is 0 Å². The minimum atomic E-state index is 0.122. The van der Waals surface area contributed by atoms with Crippen LogP contribution in [0.1, 0.15) is 51.9 Å². The molecule has 0 saturated heterocycles. The van der Waals surface area contributed by atoms with E-state index in [0.29, 0.717) is 13.0 Å². The molecule has 4 saturated carbocycles. The summed E-state index contributed by atoms with van der Waals surface area (Å²) in [4.78, 5) is 14.0. The number of carbonyl (C=O) groups excluding carboxylic acids is 1. The van der Waals surface area contributed by atoms with Crippen LogP contribution in [0.2, 0.25) is 0 Å². The minimum Gasteiger partial charge on any atom is -0.336 e. The molecule has 0 N–H and O–H groups in total. The second-order valence-electron chi connectivity index (χ2n) is 6.72. The quantitative estimate of drug-likeness (QED) is 0.768. The molecular weight excluding hydrogens is 224 g/mol. The van der Waals surface area contributed by atoms with Crippen LogP contribution in [-0.4, -0.2) is 22.9 Å². The highest BCUT2D eigenvalue weighted by molar-refractivity contribution is 5.74. The Morgan fingerprint density at radius 3 is 2.11 bits per heavy atom. The van der Waals surface area contributed by atoms with Crippen molar-refractivity contribution in [2.45, 2.75) is 57.4 Å². The average Bonchev–Trinajstić information content (AvgIpc) is 2.26. The first-order valence-corrected chi connectivity index (χ1v) is 7.28. The lowest BCUT2D eigenvalue weighted by Gasteiger charge is -2.60. The van der Waals surface area contributed by atoms with E-state index in [4.69, 9.17) is 5.26 Å². The van der Waals surface area contributed by atoms with E-state index in [1.807, 2.05) is 0 Å². The van der Waals surface area contributed by atoms with Crippen LogP contribution in [-0.2, 0) is 4.79 Å². The first kappa shape index (κ1) is 12.0. The monoisotopic (exact) mass is 246 g/mol. The lowest BCUT2D eigenvalue weighted by molar-refractivity contribution is -0.148. The van der Waals surface area contributed by atoms with Gasteiger partial charge in [-0.15, -0.1) is 0 Å². The highest BCUT2D eigenvalue weighted by atomic mass is 16.2. The molecule has 0 radical (unpaired) electrons. The predicted octanol–water partition coefficient (Wildman–Crippen LogP) is 2.72. The number of hydrogen-bond donors (Lipinski definition) is 0. The Bertz CT molecular complexity index is 361. The van der Waals surface area contributed by atoms with Crippen LogP contribution in [0, 0.1) is 29.1 Å². The van der Waals surface area contributed by atoms with Gasteiger partial charge in [-0.2, -0.15) is 5.26 Å². The molecule has 4 aliphatic rings. The highest BCUT2D eigenvalue weighted by Crippen LogP contribution is 2.57. The van der Waals surface area contributed by atoms with Gasteiger partial charge in [0.15, 0.2) is 0 Å². The molecule has 0 unspecified atom stereocenters. The summed E-state index contributed by atoms with van der Waals surface area (Å²) in [5, 5.41) is 8.79. The van der Waals surface area contributed by atoms with E-state index >= 15 is 0 Å². The molecule has 0 spiro atoms. The summed E-state index contributed by atoms with van der Waals surface area (Å²) in [6, 6.07) is 2.19. The van der Waals surface area contributed by atoms with Gasteiger partial charge in [-0.05, 0) is 56.3 Å². The fraction of sp³-hybridized carbons (Fsp3) is 0.867. The van der Waals surface area contributed by atoms with Crippen molar-refractivity contribution in [1.29, 1.82) is 5.26 Å². The molecule has 0 aliphatic heterocycles. The van der Waals surface area contributed by atoms with Gasteiger partial charge >= 0.3 is 0 Å². The van der Waals surface area contributed by atoms with Gasteiger partial charge in [0.2, 0.25) is 5.91 Å². The normalized spacial score (nSPS) is 40.6. The van der Waals surface area contributed by atoms with E-state index in [-0.39, 0.29) is 11.4 Å². The lowest BCUT2D eigenvalue weighted by Crippen LogP contribution is -2.61. The van der Waals surface area contributed by atoms with Gasteiger partial charge in [0.1, 0.15) is 0 Å². The van der Waals surface area contributed by atoms with Gasteiger partial charge in [0, 0.05) is 19.0 Å². The number of nitriles is 1. The molecule has 4 fully saturated rings. The van der Waals surface area contributed by atoms with E-state index in [2.05, 4.69) is 11.0 Å². The number of amides is 1. The van der Waals surface area contributed by atoms with Crippen LogP contribution in [0.3, 0.4) is 0 Å². The summed E-state index contributed by atoms with van der Waals surface area (Å²) in [6.45, 7) is 2.31. The van der Waals surface area contributed by atoms with Crippen LogP contribution in [0.5, 0.6) is 0 Å². The third-order valence-electron chi connectivity index (χ3n) is 5.41. The molecule has 0 atom stereocenters. The Hall–Kier alpha value is -1.04. The van der Waals surface area contributed by atoms with E-state index in [9.17, 15) is 4.79 Å². The molecule has 18 heavy (non-hydrogen) atoms. The van der Waals surface area contributed by atoms with Crippen molar-refractivity contribution < 1.29 is 4.79 Å². The molecule has 0 aromatic heterocycles. The van der Waals surface area contributed by atoms with Crippen molar-refractivity contribution in [1.82, 2.24) is 4.90 Å². The van der Waals surface area contributed by atoms with Gasteiger partial charge in [-0.1, -0.05) is 0 Å². The molecule has 0 heterocycles. The third kappa shape index (κ3) is 1.83. The number of hydrogen-bond acceptors (Lipinski definition) is 2. The summed E-state index contributed by atoms with van der Waals surface area (Å²) < 4.78 is 0. The molecule has 4 aliphatic carbocycles. The molecule has 3 heteroatoms. The molecule has 1 amide bonds. The Morgan fingerprint density at radius 1 is 1.22 bits per heavy atom. The Kier molecular flexibility index (Phi) is 2.84. The standard InChI is InChI=1S/C15H22N2O/c1-11(18)17(4-2-3-16)15-8-12-5-13(9-15)7-14(6-12)10-15/h12-14H,2,4-10H2,1H3. The van der Waals surface area contributed by atoms with Gasteiger partial charge in [0.05, 0.1) is 12.5 Å². The molecular formula is C15H22N2O. The third-order valence-corrected chi connectivity index (χ3v) is 5.41. The number of rotatable bonds is 3. The second kappa shape index (κ2) is 4.26. The Morgan fingerprint density at radius 2 is 1.72 bits per heavy atom. The van der Waals surface area contributed by atoms with E-state index < -0.39 is 0 Å². The molecule has 4 rings (SSSR count). The molecule has 3 nitrogen and oxygen atoms in total. The fourth-order valence-corrected chi connectivity index (χ4v) is 5.29. The van der Waals surface area contributed by atoms with E-state index in [0.717, 1.165) is 17.8 Å². The summed E-state index contributed by atoms with van der Waals surface area (Å²) in [7, 11) is 0. The number of nitrogens with zero attached hydrogens (tertiary/aromatic N) is 2. The van der Waals surface area contributed by atoms with Crippen LogP contribution < -0.4 is 0 Å². The molecule has 0 aromatic rings. The van der Waals surface area contributed by atoms with Crippen LogP contribution in [0.4, 0.5) is 0 Å². The van der Waals surface area contributed by atoms with E-state index in [1.165, 1.54) is 38.5 Å². The zero-order chi connectivity index (χ0) is 12.8. The maximum absolute atomic E-state index is 12.0. The smallest absolute Gasteiger partial charge is 0.219 e. The summed E-state index contributed by atoms with van der Waals surface area (Å²) in [5.74, 6) is 2.72. The van der Waals surface area contributed by atoms with Gasteiger partial charge in [-0.25, -0.2) is 0 Å². The topological polar surface area (TPSA) is 44.1 Å². The first-order valence-electron chi connectivity index (χ1n) is 7.28. The first-order chi connectivity index (χ1) is 8.63. The van der Waals surface area contributed by atoms with Crippen LogP contribution in [0.25, 0.3) is 0 Å². The maximum atomic E-state index is 12.0. The van der Waals surface area contributed by atoms with E-state index in [1.54, 1.807) is 6.92 Å². The summed E-state index contributed by atoms with van der Waals surface area (Å²) >= 11 is 0. The Balaban J connectivity index is 1.84. The zero-order valence-electron chi connectivity index (χ0n) is 11.2. The van der Waals surface area contributed by atoms with Crippen molar-refractivity contribution >= 4 is 5.91 Å². The average molecular weight is 246 g/mol. The highest BCUT2D eigenvalue weighted by Gasteiger charge is 2.54. The van der Waals surface area contributed by atoms with Gasteiger partial charge < -0.3 is 4.90 Å². The van der Waals surface area contributed by atoms with Gasteiger partial charge in [-0.3, -0.25) is 4.79 Å². The zero-order valence-corrected chi connectivity index (χ0v) is 11.2. The van der Waals surface area contributed by atoms with Gasteiger partial charge in [0.25, 0.3) is 0 Å². The predicted molar refractivity (Wildman–Crippen MR) is 68.5 cm³/mol. The molecule has 98 valence electrons. The SMILES string of the molecule is CC(=O)N(CCC#N)C12CC3CC(CC(C3)C1)C2. The van der Waals surface area contributed by atoms with Crippen LogP contribution in [0.15, 0.2) is 0 Å². The largest absolute Gasteiger partial charge is 0.336 e. The fourth-order valence-electron chi connectivity index (χ4n) is 5.29. The minimum absolute atomic E-state index is 0.122.